The summed E-state index contributed by atoms with van der Waals surface area (Å²) in [6.45, 7) is 0. The first-order valence-electron chi connectivity index (χ1n) is 7.15. The van der Waals surface area contributed by atoms with Crippen LogP contribution in [0.1, 0.15) is 36.0 Å². The number of benzene rings is 1. The van der Waals surface area contributed by atoms with Gasteiger partial charge in [-0.25, -0.2) is 0 Å². The number of methoxy groups -OCH3 is 2. The van der Waals surface area contributed by atoms with E-state index < -0.39 is 0 Å². The second kappa shape index (κ2) is 6.75. The number of aryl methyl sites for hydroxylation is 1. The zero-order valence-corrected chi connectivity index (χ0v) is 12.3. The van der Waals surface area contributed by atoms with Crippen LogP contribution in [0.3, 0.4) is 0 Å². The highest BCUT2D eigenvalue weighted by Gasteiger charge is 2.24. The van der Waals surface area contributed by atoms with Crippen LogP contribution in [0.5, 0.6) is 5.75 Å². The Bertz CT molecular complexity index is 485. The molecule has 0 spiro atoms. The minimum absolute atomic E-state index is 0.132. The van der Waals surface area contributed by atoms with Crippen molar-refractivity contribution in [3.63, 3.8) is 0 Å². The van der Waals surface area contributed by atoms with Gasteiger partial charge in [0.15, 0.2) is 0 Å². The molecular weight excluding hydrogens is 254 g/mol. The van der Waals surface area contributed by atoms with Crippen molar-refractivity contribution in [2.75, 3.05) is 14.2 Å². The highest BCUT2D eigenvalue weighted by Crippen LogP contribution is 2.33. The number of carbonyl (C=O) groups excluding carboxylic acids is 1. The SMILES string of the molecule is COC(=O)CCCCc1ccc(OC)c2c1CC(N)C2. The Labute approximate surface area is 120 Å². The number of carbonyl (C=O) groups is 1. The van der Waals surface area contributed by atoms with Crippen molar-refractivity contribution in [1.82, 2.24) is 0 Å². The maximum Gasteiger partial charge on any atom is 0.305 e. The summed E-state index contributed by atoms with van der Waals surface area (Å²) >= 11 is 0. The summed E-state index contributed by atoms with van der Waals surface area (Å²) in [6.07, 6.45) is 5.15. The number of hydrogen-bond acceptors (Lipinski definition) is 4. The number of esters is 1. The normalized spacial score (nSPS) is 16.9. The van der Waals surface area contributed by atoms with E-state index in [0.717, 1.165) is 37.9 Å². The van der Waals surface area contributed by atoms with Gasteiger partial charge in [0.05, 0.1) is 14.2 Å². The molecular formula is C16H23NO3. The van der Waals surface area contributed by atoms with Gasteiger partial charge in [-0.15, -0.1) is 0 Å². The lowest BCUT2D eigenvalue weighted by Gasteiger charge is -2.12. The van der Waals surface area contributed by atoms with Crippen LogP contribution in [0.4, 0.5) is 0 Å². The molecule has 4 nitrogen and oxygen atoms in total. The molecule has 0 aromatic heterocycles. The summed E-state index contributed by atoms with van der Waals surface area (Å²) in [5.74, 6) is 0.818. The van der Waals surface area contributed by atoms with Gasteiger partial charge >= 0.3 is 5.97 Å². The minimum Gasteiger partial charge on any atom is -0.496 e. The molecule has 0 saturated carbocycles. The van der Waals surface area contributed by atoms with Gasteiger partial charge in [0.25, 0.3) is 0 Å². The first-order valence-corrected chi connectivity index (χ1v) is 7.15. The Hall–Kier alpha value is -1.55. The maximum absolute atomic E-state index is 11.1. The fourth-order valence-electron chi connectivity index (χ4n) is 2.91. The molecule has 1 aromatic rings. The molecule has 1 unspecified atom stereocenters. The minimum atomic E-state index is -0.132. The number of unbranched alkanes of at least 4 members (excludes halogenated alkanes) is 1. The number of fused-ring (bicyclic) bond motifs is 1. The van der Waals surface area contributed by atoms with E-state index in [4.69, 9.17) is 10.5 Å². The first kappa shape index (κ1) is 14.9. The standard InChI is InChI=1S/C16H23NO3/c1-19-15-8-7-11(5-3-4-6-16(18)20-2)13-9-12(17)10-14(13)15/h7-8,12H,3-6,9-10,17H2,1-2H3. The quantitative estimate of drug-likeness (QED) is 0.638. The predicted octanol–water partition coefficient (Wildman–Crippen LogP) is 2.01. The van der Waals surface area contributed by atoms with Crippen LogP contribution in [0, 0.1) is 0 Å². The zero-order chi connectivity index (χ0) is 14.5. The molecule has 0 amide bonds. The molecule has 4 heteroatoms. The fourth-order valence-corrected chi connectivity index (χ4v) is 2.91. The topological polar surface area (TPSA) is 61.5 Å². The van der Waals surface area contributed by atoms with Gasteiger partial charge < -0.3 is 15.2 Å². The second-order valence-electron chi connectivity index (χ2n) is 5.34. The third-order valence-electron chi connectivity index (χ3n) is 3.94. The van der Waals surface area contributed by atoms with E-state index in [0.29, 0.717) is 6.42 Å². The third-order valence-corrected chi connectivity index (χ3v) is 3.94. The molecule has 0 bridgehead atoms. The van der Waals surface area contributed by atoms with Crippen molar-refractivity contribution in [2.24, 2.45) is 5.73 Å². The number of nitrogens with two attached hydrogens (primary N) is 1. The average molecular weight is 277 g/mol. The molecule has 20 heavy (non-hydrogen) atoms. The van der Waals surface area contributed by atoms with Crippen molar-refractivity contribution in [2.45, 2.75) is 44.6 Å². The first-order chi connectivity index (χ1) is 9.65. The molecule has 0 saturated heterocycles. The third kappa shape index (κ3) is 3.31. The summed E-state index contributed by atoms with van der Waals surface area (Å²) in [7, 11) is 3.13. The van der Waals surface area contributed by atoms with E-state index in [1.807, 2.05) is 6.07 Å². The van der Waals surface area contributed by atoms with Gasteiger partial charge in [-0.3, -0.25) is 4.79 Å². The highest BCUT2D eigenvalue weighted by molar-refractivity contribution is 5.69. The van der Waals surface area contributed by atoms with Crippen molar-refractivity contribution in [1.29, 1.82) is 0 Å². The molecule has 1 aromatic carbocycles. The summed E-state index contributed by atoms with van der Waals surface area (Å²) in [5, 5.41) is 0. The maximum atomic E-state index is 11.1. The van der Waals surface area contributed by atoms with Gasteiger partial charge in [0, 0.05) is 12.5 Å². The summed E-state index contributed by atoms with van der Waals surface area (Å²) < 4.78 is 10.1. The van der Waals surface area contributed by atoms with Gasteiger partial charge in [-0.1, -0.05) is 6.07 Å². The number of hydrogen-bond donors (Lipinski definition) is 1. The summed E-state index contributed by atoms with van der Waals surface area (Å²) in [6, 6.07) is 4.37. The molecule has 0 heterocycles. The molecule has 2 N–H and O–H groups in total. The Balaban J connectivity index is 1.99. The van der Waals surface area contributed by atoms with E-state index in [-0.39, 0.29) is 12.0 Å². The van der Waals surface area contributed by atoms with Crippen LogP contribution in [-0.4, -0.2) is 26.2 Å². The van der Waals surface area contributed by atoms with Gasteiger partial charge in [-0.05, 0) is 54.9 Å². The smallest absolute Gasteiger partial charge is 0.305 e. The van der Waals surface area contributed by atoms with Crippen LogP contribution in [0.25, 0.3) is 0 Å². The van der Waals surface area contributed by atoms with E-state index >= 15 is 0 Å². The fraction of sp³-hybridized carbons (Fsp3) is 0.562. The molecule has 1 atom stereocenters. The molecule has 1 aliphatic carbocycles. The Morgan fingerprint density at radius 1 is 1.25 bits per heavy atom. The van der Waals surface area contributed by atoms with Gasteiger partial charge in [0.1, 0.15) is 5.75 Å². The van der Waals surface area contributed by atoms with Crippen LogP contribution >= 0.6 is 0 Å². The van der Waals surface area contributed by atoms with Crippen LogP contribution in [0.15, 0.2) is 12.1 Å². The predicted molar refractivity (Wildman–Crippen MR) is 77.9 cm³/mol. The monoisotopic (exact) mass is 277 g/mol. The number of ether oxygens (including phenoxy) is 2. The van der Waals surface area contributed by atoms with Crippen molar-refractivity contribution in [3.8, 4) is 5.75 Å². The largest absolute Gasteiger partial charge is 0.496 e. The van der Waals surface area contributed by atoms with E-state index in [2.05, 4.69) is 10.8 Å². The van der Waals surface area contributed by atoms with E-state index in [1.165, 1.54) is 23.8 Å². The summed E-state index contributed by atoms with van der Waals surface area (Å²) in [5.41, 5.74) is 10.0. The van der Waals surface area contributed by atoms with Crippen molar-refractivity contribution in [3.05, 3.63) is 28.8 Å². The van der Waals surface area contributed by atoms with Gasteiger partial charge in [-0.2, -0.15) is 0 Å². The highest BCUT2D eigenvalue weighted by atomic mass is 16.5. The van der Waals surface area contributed by atoms with E-state index in [1.54, 1.807) is 7.11 Å². The molecule has 0 radical (unpaired) electrons. The average Bonchev–Trinajstić information content (AvgIpc) is 2.84. The lowest BCUT2D eigenvalue weighted by atomic mass is 9.97. The lowest BCUT2D eigenvalue weighted by Crippen LogP contribution is -2.19. The molecule has 110 valence electrons. The van der Waals surface area contributed by atoms with Crippen molar-refractivity contribution >= 4 is 5.97 Å². The van der Waals surface area contributed by atoms with Crippen LogP contribution < -0.4 is 10.5 Å². The Morgan fingerprint density at radius 2 is 2.00 bits per heavy atom. The van der Waals surface area contributed by atoms with Gasteiger partial charge in [0.2, 0.25) is 0 Å². The number of rotatable bonds is 6. The molecule has 0 aliphatic heterocycles. The Kier molecular flexibility index (Phi) is 5.01. The molecule has 1 aliphatic rings. The second-order valence-corrected chi connectivity index (χ2v) is 5.34. The lowest BCUT2D eigenvalue weighted by molar-refractivity contribution is -0.140. The van der Waals surface area contributed by atoms with Crippen molar-refractivity contribution < 1.29 is 14.3 Å². The zero-order valence-electron chi connectivity index (χ0n) is 12.3. The molecule has 0 fully saturated rings. The Morgan fingerprint density at radius 3 is 2.70 bits per heavy atom. The summed E-state index contributed by atoms with van der Waals surface area (Å²) in [4.78, 5) is 11.1. The van der Waals surface area contributed by atoms with E-state index in [9.17, 15) is 4.79 Å². The van der Waals surface area contributed by atoms with Crippen LogP contribution in [-0.2, 0) is 28.8 Å². The molecule has 2 rings (SSSR count). The van der Waals surface area contributed by atoms with Crippen LogP contribution in [0.2, 0.25) is 0 Å².